The molecule has 4 aromatic rings. The monoisotopic (exact) mass is 415 g/mol. The van der Waals surface area contributed by atoms with Crippen LogP contribution in [0.15, 0.2) is 72.8 Å². The molecule has 0 atom stereocenters. The Kier molecular flexibility index (Phi) is 5.49. The van der Waals surface area contributed by atoms with Crippen molar-refractivity contribution in [2.45, 2.75) is 13.1 Å². The van der Waals surface area contributed by atoms with Gasteiger partial charge in [-0.3, -0.25) is 9.80 Å². The zero-order valence-corrected chi connectivity index (χ0v) is 17.7. The maximum Gasteiger partial charge on any atom is 0.124 e. The van der Waals surface area contributed by atoms with Gasteiger partial charge in [-0.25, -0.2) is 4.98 Å². The number of thiazole rings is 1. The average Bonchev–Trinajstić information content (AvgIpc) is 3.22. The van der Waals surface area contributed by atoms with Crippen molar-refractivity contribution in [2.75, 3.05) is 26.2 Å². The first-order chi connectivity index (χ1) is 14.7. The van der Waals surface area contributed by atoms with Crippen molar-refractivity contribution in [3.05, 3.63) is 83.9 Å². The number of piperazine rings is 1. The van der Waals surface area contributed by atoms with Crippen LogP contribution in [0.2, 0.25) is 0 Å². The van der Waals surface area contributed by atoms with Crippen LogP contribution in [-0.2, 0) is 13.1 Å². The van der Waals surface area contributed by atoms with Crippen LogP contribution in [0, 0.1) is 0 Å². The van der Waals surface area contributed by atoms with Gasteiger partial charge in [-0.1, -0.05) is 42.5 Å². The molecule has 1 saturated heterocycles. The smallest absolute Gasteiger partial charge is 0.124 e. The number of nitrogens with zero attached hydrogens (tertiary/aromatic N) is 3. The van der Waals surface area contributed by atoms with Crippen LogP contribution in [0.5, 0.6) is 5.75 Å². The third kappa shape index (κ3) is 4.24. The van der Waals surface area contributed by atoms with Crippen LogP contribution in [0.25, 0.3) is 20.8 Å². The molecule has 1 fully saturated rings. The summed E-state index contributed by atoms with van der Waals surface area (Å²) in [4.78, 5) is 9.70. The second kappa shape index (κ2) is 8.56. The Labute approximate surface area is 181 Å². The molecule has 152 valence electrons. The Morgan fingerprint density at radius 3 is 2.27 bits per heavy atom. The molecule has 0 bridgehead atoms. The number of phenolic OH excluding ortho intramolecular Hbond substituents is 1. The number of hydrogen-bond donors (Lipinski definition) is 1. The molecule has 1 aromatic heterocycles. The van der Waals surface area contributed by atoms with Crippen molar-refractivity contribution in [3.63, 3.8) is 0 Å². The summed E-state index contributed by atoms with van der Waals surface area (Å²) in [5.41, 5.74) is 4.45. The summed E-state index contributed by atoms with van der Waals surface area (Å²) in [5.74, 6) is 0.367. The van der Waals surface area contributed by atoms with Gasteiger partial charge in [0, 0.05) is 50.4 Å². The second-order valence-corrected chi connectivity index (χ2v) is 8.90. The van der Waals surface area contributed by atoms with E-state index in [9.17, 15) is 5.11 Å². The highest BCUT2D eigenvalue weighted by Gasteiger charge is 2.19. The van der Waals surface area contributed by atoms with E-state index in [1.807, 2.05) is 30.3 Å². The molecule has 30 heavy (non-hydrogen) atoms. The normalized spacial score (nSPS) is 15.6. The summed E-state index contributed by atoms with van der Waals surface area (Å²) in [5, 5.41) is 11.4. The SMILES string of the molecule is Oc1ccc(-c2nc3ccccc3s2)cc1CN1CCN(Cc2ccccc2)CC1. The van der Waals surface area contributed by atoms with E-state index >= 15 is 0 Å². The number of para-hydroxylation sites is 1. The molecule has 3 aromatic carbocycles. The van der Waals surface area contributed by atoms with Crippen molar-refractivity contribution in [1.82, 2.24) is 14.8 Å². The molecule has 0 amide bonds. The highest BCUT2D eigenvalue weighted by atomic mass is 32.1. The number of rotatable bonds is 5. The Hall–Kier alpha value is -2.73. The van der Waals surface area contributed by atoms with Gasteiger partial charge in [0.2, 0.25) is 0 Å². The largest absolute Gasteiger partial charge is 0.508 e. The molecule has 1 N–H and O–H groups in total. The topological polar surface area (TPSA) is 39.6 Å². The van der Waals surface area contributed by atoms with Crippen molar-refractivity contribution >= 4 is 21.6 Å². The first kappa shape index (κ1) is 19.2. The van der Waals surface area contributed by atoms with Gasteiger partial charge >= 0.3 is 0 Å². The van der Waals surface area contributed by atoms with Gasteiger partial charge in [-0.05, 0) is 35.9 Å². The van der Waals surface area contributed by atoms with Crippen molar-refractivity contribution in [2.24, 2.45) is 0 Å². The Balaban J connectivity index is 1.26. The van der Waals surface area contributed by atoms with Crippen LogP contribution in [0.3, 0.4) is 0 Å². The minimum Gasteiger partial charge on any atom is -0.508 e. The minimum absolute atomic E-state index is 0.367. The molecule has 0 spiro atoms. The number of hydrogen-bond acceptors (Lipinski definition) is 5. The fourth-order valence-corrected chi connectivity index (χ4v) is 4.99. The molecule has 0 radical (unpaired) electrons. The molecule has 4 nitrogen and oxygen atoms in total. The molecule has 1 aliphatic rings. The molecule has 2 heterocycles. The Bertz CT molecular complexity index is 1100. The Morgan fingerprint density at radius 2 is 1.50 bits per heavy atom. The van der Waals surface area contributed by atoms with E-state index in [2.05, 4.69) is 52.3 Å². The highest BCUT2D eigenvalue weighted by Crippen LogP contribution is 2.33. The van der Waals surface area contributed by atoms with E-state index < -0.39 is 0 Å². The van der Waals surface area contributed by atoms with Crippen molar-refractivity contribution < 1.29 is 5.11 Å². The van der Waals surface area contributed by atoms with Gasteiger partial charge in [-0.15, -0.1) is 11.3 Å². The summed E-state index contributed by atoms with van der Waals surface area (Å²) in [6.07, 6.45) is 0. The Morgan fingerprint density at radius 1 is 0.800 bits per heavy atom. The number of phenols is 1. The van der Waals surface area contributed by atoms with E-state index in [-0.39, 0.29) is 0 Å². The summed E-state index contributed by atoms with van der Waals surface area (Å²) in [7, 11) is 0. The van der Waals surface area contributed by atoms with Crippen LogP contribution in [0.1, 0.15) is 11.1 Å². The zero-order valence-electron chi connectivity index (χ0n) is 16.9. The summed E-state index contributed by atoms with van der Waals surface area (Å²) < 4.78 is 1.19. The van der Waals surface area contributed by atoms with E-state index in [0.717, 1.165) is 60.9 Å². The van der Waals surface area contributed by atoms with E-state index in [0.29, 0.717) is 5.75 Å². The van der Waals surface area contributed by atoms with Crippen molar-refractivity contribution in [1.29, 1.82) is 0 Å². The zero-order chi connectivity index (χ0) is 20.3. The fraction of sp³-hybridized carbons (Fsp3) is 0.240. The molecule has 1 aliphatic heterocycles. The number of fused-ring (bicyclic) bond motifs is 1. The van der Waals surface area contributed by atoms with Gasteiger partial charge in [0.15, 0.2) is 0 Å². The average molecular weight is 416 g/mol. The quantitative estimate of drug-likeness (QED) is 0.499. The van der Waals surface area contributed by atoms with E-state index in [4.69, 9.17) is 4.98 Å². The predicted octanol–water partition coefficient (Wildman–Crippen LogP) is 4.99. The molecule has 5 heteroatoms. The van der Waals surface area contributed by atoms with Crippen LogP contribution < -0.4 is 0 Å². The third-order valence-corrected chi connectivity index (χ3v) is 6.81. The first-order valence-electron chi connectivity index (χ1n) is 10.4. The molecule has 0 saturated carbocycles. The maximum absolute atomic E-state index is 10.4. The standard InChI is InChI=1S/C25H25N3OS/c29-23-11-10-20(25-26-22-8-4-5-9-24(22)30-25)16-21(23)18-28-14-12-27(13-15-28)17-19-6-2-1-3-7-19/h1-11,16,29H,12-15,17-18H2. The van der Waals surface area contributed by atoms with Gasteiger partial charge in [0.1, 0.15) is 10.8 Å². The lowest BCUT2D eigenvalue weighted by molar-refractivity contribution is 0.121. The molecular formula is C25H25N3OS. The summed E-state index contributed by atoms with van der Waals surface area (Å²) in [6.45, 7) is 5.90. The van der Waals surface area contributed by atoms with Gasteiger partial charge in [0.05, 0.1) is 10.2 Å². The van der Waals surface area contributed by atoms with Crippen LogP contribution in [0.4, 0.5) is 0 Å². The second-order valence-electron chi connectivity index (χ2n) is 7.87. The summed E-state index contributed by atoms with van der Waals surface area (Å²) in [6, 6.07) is 24.7. The third-order valence-electron chi connectivity index (χ3n) is 5.73. The molecular weight excluding hydrogens is 390 g/mol. The minimum atomic E-state index is 0.367. The molecule has 0 aliphatic carbocycles. The lowest BCUT2D eigenvalue weighted by Crippen LogP contribution is -2.45. The predicted molar refractivity (Wildman–Crippen MR) is 124 cm³/mol. The fourth-order valence-electron chi connectivity index (χ4n) is 4.03. The molecule has 0 unspecified atom stereocenters. The number of benzene rings is 3. The van der Waals surface area contributed by atoms with Crippen LogP contribution in [-0.4, -0.2) is 46.1 Å². The lowest BCUT2D eigenvalue weighted by Gasteiger charge is -2.34. The highest BCUT2D eigenvalue weighted by molar-refractivity contribution is 7.21. The van der Waals surface area contributed by atoms with Crippen molar-refractivity contribution in [3.8, 4) is 16.3 Å². The van der Waals surface area contributed by atoms with E-state index in [1.54, 1.807) is 11.3 Å². The van der Waals surface area contributed by atoms with Gasteiger partial charge in [0.25, 0.3) is 0 Å². The summed E-state index contributed by atoms with van der Waals surface area (Å²) >= 11 is 1.70. The number of aromatic nitrogens is 1. The number of aromatic hydroxyl groups is 1. The lowest BCUT2D eigenvalue weighted by atomic mass is 10.1. The van der Waals surface area contributed by atoms with Gasteiger partial charge < -0.3 is 5.11 Å². The van der Waals surface area contributed by atoms with Gasteiger partial charge in [-0.2, -0.15) is 0 Å². The van der Waals surface area contributed by atoms with E-state index in [1.165, 1.54) is 10.3 Å². The first-order valence-corrected chi connectivity index (χ1v) is 11.2. The van der Waals surface area contributed by atoms with Crippen LogP contribution >= 0.6 is 11.3 Å². The molecule has 5 rings (SSSR count). The maximum atomic E-state index is 10.4.